The molecule has 2 aromatic rings. The van der Waals surface area contributed by atoms with Crippen molar-refractivity contribution in [2.24, 2.45) is 0 Å². The molecule has 7 heteroatoms. The number of nitro groups is 1. The second-order valence-corrected chi connectivity index (χ2v) is 4.56. The Morgan fingerprint density at radius 1 is 1.24 bits per heavy atom. The normalized spacial score (nSPS) is 10.1. The first-order chi connectivity index (χ1) is 9.97. The zero-order valence-electron chi connectivity index (χ0n) is 10.7. The quantitative estimate of drug-likeness (QED) is 0.674. The van der Waals surface area contributed by atoms with Crippen molar-refractivity contribution < 1.29 is 19.6 Å². The van der Waals surface area contributed by atoms with Crippen LogP contribution in [0.3, 0.4) is 0 Å². The summed E-state index contributed by atoms with van der Waals surface area (Å²) in [5, 5.41) is 19.6. The fraction of sp³-hybridized carbons (Fsp3) is 0.0714. The molecule has 2 rings (SSSR count). The van der Waals surface area contributed by atoms with E-state index in [0.717, 1.165) is 0 Å². The highest BCUT2D eigenvalue weighted by molar-refractivity contribution is 6.31. The zero-order valence-corrected chi connectivity index (χ0v) is 11.4. The number of nitrogens with zero attached hydrogens (tertiary/aromatic N) is 1. The van der Waals surface area contributed by atoms with E-state index < -0.39 is 10.9 Å². The molecule has 6 nitrogen and oxygen atoms in total. The number of carbonyl (C=O) groups is 1. The Hall–Kier alpha value is -2.60. The number of hydrogen-bond acceptors (Lipinski definition) is 4. The summed E-state index contributed by atoms with van der Waals surface area (Å²) in [7, 11) is 0. The summed E-state index contributed by atoms with van der Waals surface area (Å²) >= 11 is 5.94. The fourth-order valence-electron chi connectivity index (χ4n) is 1.62. The molecule has 0 bridgehead atoms. The van der Waals surface area contributed by atoms with E-state index in [1.165, 1.54) is 42.5 Å². The van der Waals surface area contributed by atoms with Crippen molar-refractivity contribution in [2.45, 2.75) is 6.61 Å². The molecular formula is C14H10ClNO5. The van der Waals surface area contributed by atoms with Gasteiger partial charge in [0.1, 0.15) is 12.4 Å². The monoisotopic (exact) mass is 307 g/mol. The number of rotatable bonds is 5. The van der Waals surface area contributed by atoms with Crippen LogP contribution in [0.5, 0.6) is 5.75 Å². The number of carboxylic acids is 1. The smallest absolute Gasteiger partial charge is 0.335 e. The average Bonchev–Trinajstić information content (AvgIpc) is 2.46. The van der Waals surface area contributed by atoms with Gasteiger partial charge in [-0.25, -0.2) is 4.79 Å². The van der Waals surface area contributed by atoms with Crippen LogP contribution in [0, 0.1) is 10.1 Å². The Bertz CT molecular complexity index is 684. The molecule has 0 saturated heterocycles. The van der Waals surface area contributed by atoms with E-state index in [1.54, 1.807) is 0 Å². The van der Waals surface area contributed by atoms with Crippen LogP contribution >= 0.6 is 11.6 Å². The third kappa shape index (κ3) is 3.70. The molecule has 0 spiro atoms. The van der Waals surface area contributed by atoms with Crippen LogP contribution in [0.4, 0.5) is 5.69 Å². The maximum atomic E-state index is 10.7. The van der Waals surface area contributed by atoms with Gasteiger partial charge in [-0.1, -0.05) is 11.6 Å². The molecule has 1 N–H and O–H groups in total. The van der Waals surface area contributed by atoms with E-state index in [9.17, 15) is 14.9 Å². The van der Waals surface area contributed by atoms with Crippen LogP contribution in [0.15, 0.2) is 42.5 Å². The number of benzene rings is 2. The molecule has 0 amide bonds. The van der Waals surface area contributed by atoms with Gasteiger partial charge in [0, 0.05) is 17.7 Å². The van der Waals surface area contributed by atoms with E-state index in [1.807, 2.05) is 0 Å². The first-order valence-electron chi connectivity index (χ1n) is 5.86. The third-order valence-corrected chi connectivity index (χ3v) is 3.09. The molecule has 21 heavy (non-hydrogen) atoms. The standard InChI is InChI=1S/C14H10ClNO5/c15-13-7-11(16(19)20)4-1-10(13)8-21-12-5-2-9(3-6-12)14(17)18/h1-7H,8H2,(H,17,18). The molecular weight excluding hydrogens is 298 g/mol. The van der Waals surface area contributed by atoms with E-state index in [2.05, 4.69) is 0 Å². The van der Waals surface area contributed by atoms with Crippen LogP contribution in [-0.2, 0) is 6.61 Å². The highest BCUT2D eigenvalue weighted by atomic mass is 35.5. The van der Waals surface area contributed by atoms with Gasteiger partial charge in [0.15, 0.2) is 0 Å². The molecule has 0 aliphatic carbocycles. The van der Waals surface area contributed by atoms with Gasteiger partial charge >= 0.3 is 5.97 Å². The summed E-state index contributed by atoms with van der Waals surface area (Å²) in [6.45, 7) is 0.128. The SMILES string of the molecule is O=C(O)c1ccc(OCc2ccc([N+](=O)[O-])cc2Cl)cc1. The highest BCUT2D eigenvalue weighted by Gasteiger charge is 2.10. The predicted molar refractivity (Wildman–Crippen MR) is 75.8 cm³/mol. The van der Waals surface area contributed by atoms with Gasteiger partial charge in [-0.2, -0.15) is 0 Å². The summed E-state index contributed by atoms with van der Waals surface area (Å²) < 4.78 is 5.46. The number of non-ortho nitro benzene ring substituents is 1. The van der Waals surface area contributed by atoms with E-state index in [4.69, 9.17) is 21.4 Å². The van der Waals surface area contributed by atoms with Crippen molar-refractivity contribution in [1.29, 1.82) is 0 Å². The maximum Gasteiger partial charge on any atom is 0.335 e. The predicted octanol–water partition coefficient (Wildman–Crippen LogP) is 3.53. The first kappa shape index (κ1) is 14.8. The van der Waals surface area contributed by atoms with Crippen molar-refractivity contribution in [3.05, 3.63) is 68.7 Å². The summed E-state index contributed by atoms with van der Waals surface area (Å²) in [5.41, 5.74) is 0.676. The van der Waals surface area contributed by atoms with Crippen LogP contribution < -0.4 is 4.74 Å². The number of nitro benzene ring substituents is 1. The van der Waals surface area contributed by atoms with Gasteiger partial charge in [0.05, 0.1) is 15.5 Å². The van der Waals surface area contributed by atoms with Crippen molar-refractivity contribution in [1.82, 2.24) is 0 Å². The lowest BCUT2D eigenvalue weighted by molar-refractivity contribution is -0.384. The lowest BCUT2D eigenvalue weighted by Gasteiger charge is -2.08. The van der Waals surface area contributed by atoms with Crippen molar-refractivity contribution in [2.75, 3.05) is 0 Å². The summed E-state index contributed by atoms with van der Waals surface area (Å²) in [4.78, 5) is 20.8. The molecule has 0 aromatic heterocycles. The minimum Gasteiger partial charge on any atom is -0.489 e. The summed E-state index contributed by atoms with van der Waals surface area (Å²) in [5.74, 6) is -0.533. The van der Waals surface area contributed by atoms with E-state index >= 15 is 0 Å². The minimum absolute atomic E-state index is 0.0884. The Morgan fingerprint density at radius 2 is 1.90 bits per heavy atom. The molecule has 0 heterocycles. The Morgan fingerprint density at radius 3 is 2.43 bits per heavy atom. The molecule has 0 radical (unpaired) electrons. The second-order valence-electron chi connectivity index (χ2n) is 4.15. The Kier molecular flexibility index (Phi) is 4.39. The number of aromatic carboxylic acids is 1. The van der Waals surface area contributed by atoms with Crippen molar-refractivity contribution in [3.63, 3.8) is 0 Å². The Labute approximate surface area is 124 Å². The van der Waals surface area contributed by atoms with Gasteiger partial charge in [-0.3, -0.25) is 10.1 Å². The molecule has 0 fully saturated rings. The van der Waals surface area contributed by atoms with Crippen molar-refractivity contribution >= 4 is 23.3 Å². The van der Waals surface area contributed by atoms with Crippen LogP contribution in [0.25, 0.3) is 0 Å². The first-order valence-corrected chi connectivity index (χ1v) is 6.24. The van der Waals surface area contributed by atoms with Crippen LogP contribution in [0.2, 0.25) is 5.02 Å². The van der Waals surface area contributed by atoms with E-state index in [0.29, 0.717) is 11.3 Å². The molecule has 0 saturated carbocycles. The molecule has 0 atom stereocenters. The number of ether oxygens (including phenoxy) is 1. The lowest BCUT2D eigenvalue weighted by Crippen LogP contribution is -1.99. The summed E-state index contributed by atoms with van der Waals surface area (Å²) in [6.07, 6.45) is 0. The summed E-state index contributed by atoms with van der Waals surface area (Å²) in [6, 6.07) is 10.0. The number of carboxylic acid groups (broad SMARTS) is 1. The van der Waals surface area contributed by atoms with Crippen LogP contribution in [-0.4, -0.2) is 16.0 Å². The molecule has 2 aromatic carbocycles. The van der Waals surface area contributed by atoms with Crippen LogP contribution in [0.1, 0.15) is 15.9 Å². The van der Waals surface area contributed by atoms with E-state index in [-0.39, 0.29) is 22.9 Å². The van der Waals surface area contributed by atoms with Gasteiger partial charge in [-0.15, -0.1) is 0 Å². The fourth-order valence-corrected chi connectivity index (χ4v) is 1.85. The maximum absolute atomic E-state index is 10.7. The Balaban J connectivity index is 2.06. The lowest BCUT2D eigenvalue weighted by atomic mass is 10.2. The number of halogens is 1. The number of hydrogen-bond donors (Lipinski definition) is 1. The van der Waals surface area contributed by atoms with Gasteiger partial charge in [0.25, 0.3) is 5.69 Å². The third-order valence-electron chi connectivity index (χ3n) is 2.74. The molecule has 108 valence electrons. The van der Waals surface area contributed by atoms with Gasteiger partial charge in [0.2, 0.25) is 0 Å². The average molecular weight is 308 g/mol. The molecule has 0 aliphatic rings. The largest absolute Gasteiger partial charge is 0.489 e. The zero-order chi connectivity index (χ0) is 15.4. The topological polar surface area (TPSA) is 89.7 Å². The minimum atomic E-state index is -1.01. The van der Waals surface area contributed by atoms with Gasteiger partial charge in [-0.05, 0) is 30.3 Å². The highest BCUT2D eigenvalue weighted by Crippen LogP contribution is 2.24. The van der Waals surface area contributed by atoms with Gasteiger partial charge < -0.3 is 9.84 Å². The van der Waals surface area contributed by atoms with Crippen molar-refractivity contribution in [3.8, 4) is 5.75 Å². The molecule has 0 aliphatic heterocycles. The molecule has 0 unspecified atom stereocenters. The second kappa shape index (κ2) is 6.23.